The number of imidazole rings is 1. The predicted octanol–water partition coefficient (Wildman–Crippen LogP) is 5.92. The minimum atomic E-state index is -0.682. The zero-order chi connectivity index (χ0) is 28.0. The second-order valence-corrected chi connectivity index (χ2v) is 12.1. The summed E-state index contributed by atoms with van der Waals surface area (Å²) in [7, 11) is 0. The molecule has 4 aromatic heterocycles. The standard InChI is InChI=1S/C29H37FN8O2/c1-15(2)20-12-21(32-22(30)13-20)28-35-25-23(38(28)14-18-10-8-16(3)9-11-18)24(31-17(4)19-6-5-7-19)33-26(34-25)27-36-29(39)40-37-27/h12-13,15-19H,5-11,14H2,1-4H3,(H,31,33,34)(H,36,37,39)/t16?,17-,18?/m1/s1. The topological polar surface area (TPSA) is 127 Å². The highest BCUT2D eigenvalue weighted by molar-refractivity contribution is 5.88. The molecule has 2 fully saturated rings. The minimum absolute atomic E-state index is 0.129. The smallest absolute Gasteiger partial charge is 0.365 e. The Bertz CT molecular complexity index is 1560. The van der Waals surface area contributed by atoms with Crippen LogP contribution >= 0.6 is 0 Å². The van der Waals surface area contributed by atoms with Gasteiger partial charge in [-0.2, -0.15) is 4.39 Å². The highest BCUT2D eigenvalue weighted by Gasteiger charge is 2.29. The van der Waals surface area contributed by atoms with Crippen molar-refractivity contribution in [1.82, 2.24) is 34.6 Å². The molecule has 11 heteroatoms. The molecule has 0 radical (unpaired) electrons. The first-order valence-corrected chi connectivity index (χ1v) is 14.5. The van der Waals surface area contributed by atoms with Crippen molar-refractivity contribution in [3.05, 3.63) is 34.2 Å². The number of nitrogens with zero attached hydrogens (tertiary/aromatic N) is 6. The molecule has 10 nitrogen and oxygen atoms in total. The van der Waals surface area contributed by atoms with E-state index in [1.807, 2.05) is 19.9 Å². The van der Waals surface area contributed by atoms with Gasteiger partial charge in [0.05, 0.1) is 0 Å². The Labute approximate surface area is 232 Å². The summed E-state index contributed by atoms with van der Waals surface area (Å²) in [5, 5.41) is 7.45. The maximum absolute atomic E-state index is 14.8. The van der Waals surface area contributed by atoms with Crippen molar-refractivity contribution in [3.63, 3.8) is 0 Å². The van der Waals surface area contributed by atoms with Crippen molar-refractivity contribution in [2.75, 3.05) is 5.32 Å². The Morgan fingerprint density at radius 1 is 1.07 bits per heavy atom. The molecule has 212 valence electrons. The van der Waals surface area contributed by atoms with E-state index in [4.69, 9.17) is 19.5 Å². The molecule has 0 spiro atoms. The van der Waals surface area contributed by atoms with Gasteiger partial charge < -0.3 is 9.88 Å². The SMILES string of the molecule is CC1CCC(Cn2c(-c3cc(C(C)C)cc(F)n3)nc3nc(-c4noc(=O)[nH]4)nc(N[C@H](C)C4CCC4)c32)CC1. The molecule has 0 saturated heterocycles. The lowest BCUT2D eigenvalue weighted by molar-refractivity contribution is 0.267. The van der Waals surface area contributed by atoms with Gasteiger partial charge in [-0.1, -0.05) is 45.2 Å². The van der Waals surface area contributed by atoms with Gasteiger partial charge in [-0.25, -0.2) is 24.7 Å². The molecule has 4 aromatic rings. The first kappa shape index (κ1) is 26.6. The fourth-order valence-electron chi connectivity index (χ4n) is 5.95. The van der Waals surface area contributed by atoms with Crippen molar-refractivity contribution in [3.8, 4) is 23.2 Å². The first-order chi connectivity index (χ1) is 19.2. The third-order valence-electron chi connectivity index (χ3n) is 8.76. The summed E-state index contributed by atoms with van der Waals surface area (Å²) in [5.41, 5.74) is 2.52. The van der Waals surface area contributed by atoms with Gasteiger partial charge in [0.1, 0.15) is 11.2 Å². The Balaban J connectivity index is 1.54. The second-order valence-electron chi connectivity index (χ2n) is 12.1. The van der Waals surface area contributed by atoms with Gasteiger partial charge in [-0.15, -0.1) is 0 Å². The van der Waals surface area contributed by atoms with Crippen molar-refractivity contribution in [2.45, 2.75) is 91.1 Å². The molecule has 2 aliphatic carbocycles. The fraction of sp³-hybridized carbons (Fsp3) is 0.586. The molecule has 2 saturated carbocycles. The number of nitrogens with one attached hydrogen (secondary N) is 2. The zero-order valence-corrected chi connectivity index (χ0v) is 23.6. The lowest BCUT2D eigenvalue weighted by Gasteiger charge is -2.32. The number of rotatable bonds is 8. The molecule has 6 rings (SSSR count). The lowest BCUT2D eigenvalue weighted by Crippen LogP contribution is -2.31. The Morgan fingerprint density at radius 2 is 1.85 bits per heavy atom. The number of aromatic amines is 1. The molecule has 0 aliphatic heterocycles. The van der Waals surface area contributed by atoms with Crippen LogP contribution in [-0.4, -0.2) is 40.7 Å². The molecular formula is C29H37FN8O2. The van der Waals surface area contributed by atoms with Crippen molar-refractivity contribution >= 4 is 17.0 Å². The second kappa shape index (κ2) is 10.7. The number of fused-ring (bicyclic) bond motifs is 1. The van der Waals surface area contributed by atoms with E-state index in [1.54, 1.807) is 0 Å². The van der Waals surface area contributed by atoms with E-state index >= 15 is 0 Å². The van der Waals surface area contributed by atoms with Crippen molar-refractivity contribution in [1.29, 1.82) is 0 Å². The van der Waals surface area contributed by atoms with Gasteiger partial charge in [0.2, 0.25) is 17.6 Å². The lowest BCUT2D eigenvalue weighted by atomic mass is 9.80. The van der Waals surface area contributed by atoms with Gasteiger partial charge in [-0.3, -0.25) is 9.51 Å². The number of halogens is 1. The minimum Gasteiger partial charge on any atom is -0.365 e. The van der Waals surface area contributed by atoms with Gasteiger partial charge in [-0.05, 0) is 74.0 Å². The van der Waals surface area contributed by atoms with Crippen LogP contribution in [0.5, 0.6) is 0 Å². The summed E-state index contributed by atoms with van der Waals surface area (Å²) < 4.78 is 21.7. The van der Waals surface area contributed by atoms with E-state index < -0.39 is 11.7 Å². The molecule has 2 N–H and O–H groups in total. The largest absolute Gasteiger partial charge is 0.439 e. The van der Waals surface area contributed by atoms with Crippen LogP contribution in [0.3, 0.4) is 0 Å². The fourth-order valence-corrected chi connectivity index (χ4v) is 5.95. The van der Waals surface area contributed by atoms with Crippen LogP contribution in [0.2, 0.25) is 0 Å². The monoisotopic (exact) mass is 548 g/mol. The number of pyridine rings is 1. The number of anilines is 1. The molecule has 1 atom stereocenters. The Morgan fingerprint density at radius 3 is 2.50 bits per heavy atom. The first-order valence-electron chi connectivity index (χ1n) is 14.5. The molecular weight excluding hydrogens is 511 g/mol. The van der Waals surface area contributed by atoms with Crippen LogP contribution in [0.25, 0.3) is 34.3 Å². The summed E-state index contributed by atoms with van der Waals surface area (Å²) in [5.74, 6) is 2.17. The highest BCUT2D eigenvalue weighted by atomic mass is 19.1. The van der Waals surface area contributed by atoms with Crippen molar-refractivity contribution in [2.24, 2.45) is 17.8 Å². The third-order valence-corrected chi connectivity index (χ3v) is 8.76. The van der Waals surface area contributed by atoms with E-state index in [0.717, 1.165) is 29.8 Å². The van der Waals surface area contributed by atoms with Crippen LogP contribution in [-0.2, 0) is 6.54 Å². The quantitative estimate of drug-likeness (QED) is 0.260. The van der Waals surface area contributed by atoms with E-state index in [2.05, 4.69) is 38.9 Å². The Hall–Kier alpha value is -3.63. The van der Waals surface area contributed by atoms with Crippen molar-refractivity contribution < 1.29 is 8.91 Å². The Kier molecular flexibility index (Phi) is 7.14. The van der Waals surface area contributed by atoms with Crippen LogP contribution in [0.15, 0.2) is 21.5 Å². The molecule has 0 unspecified atom stereocenters. The summed E-state index contributed by atoms with van der Waals surface area (Å²) in [6.45, 7) is 9.26. The average molecular weight is 549 g/mol. The normalized spacial score (nSPS) is 20.6. The van der Waals surface area contributed by atoms with E-state index in [1.165, 1.54) is 38.2 Å². The molecule has 0 bridgehead atoms. The molecule has 4 heterocycles. The summed E-state index contributed by atoms with van der Waals surface area (Å²) >= 11 is 0. The number of hydrogen-bond donors (Lipinski definition) is 2. The predicted molar refractivity (Wildman–Crippen MR) is 150 cm³/mol. The number of aromatic nitrogens is 7. The number of hydrogen-bond acceptors (Lipinski definition) is 8. The van der Waals surface area contributed by atoms with Gasteiger partial charge in [0.15, 0.2) is 17.3 Å². The van der Waals surface area contributed by atoms with Gasteiger partial charge in [0, 0.05) is 12.6 Å². The van der Waals surface area contributed by atoms with E-state index in [-0.39, 0.29) is 23.6 Å². The van der Waals surface area contributed by atoms with Gasteiger partial charge >= 0.3 is 5.76 Å². The molecule has 40 heavy (non-hydrogen) atoms. The van der Waals surface area contributed by atoms with Crippen LogP contribution in [0.4, 0.5) is 10.2 Å². The van der Waals surface area contributed by atoms with Crippen LogP contribution in [0.1, 0.15) is 84.1 Å². The maximum atomic E-state index is 14.8. The zero-order valence-electron chi connectivity index (χ0n) is 23.6. The third kappa shape index (κ3) is 5.25. The summed E-state index contributed by atoms with van der Waals surface area (Å²) in [6, 6.07) is 3.58. The number of H-pyrrole nitrogens is 1. The summed E-state index contributed by atoms with van der Waals surface area (Å²) in [4.78, 5) is 33.0. The molecule has 0 amide bonds. The average Bonchev–Trinajstić information content (AvgIpc) is 3.47. The molecule has 2 aliphatic rings. The summed E-state index contributed by atoms with van der Waals surface area (Å²) in [6.07, 6.45) is 8.18. The maximum Gasteiger partial charge on any atom is 0.439 e. The van der Waals surface area contributed by atoms with Crippen LogP contribution < -0.4 is 11.1 Å². The van der Waals surface area contributed by atoms with E-state index in [9.17, 15) is 9.18 Å². The molecule has 0 aromatic carbocycles. The van der Waals surface area contributed by atoms with E-state index in [0.29, 0.717) is 41.4 Å². The van der Waals surface area contributed by atoms with Crippen LogP contribution in [0, 0.1) is 23.7 Å². The van der Waals surface area contributed by atoms with Gasteiger partial charge in [0.25, 0.3) is 0 Å². The highest BCUT2D eigenvalue weighted by Crippen LogP contribution is 2.37.